The predicted molar refractivity (Wildman–Crippen MR) is 125 cm³/mol. The molecule has 0 bridgehead atoms. The van der Waals surface area contributed by atoms with Crippen molar-refractivity contribution >= 4 is 38.5 Å². The first-order valence-corrected chi connectivity index (χ1v) is 12.0. The van der Waals surface area contributed by atoms with Crippen molar-refractivity contribution in [3.63, 3.8) is 0 Å². The maximum Gasteiger partial charge on any atom is 0.328 e. The average molecular weight is 454 g/mol. The van der Waals surface area contributed by atoms with Crippen molar-refractivity contribution in [2.45, 2.75) is 28.5 Å². The van der Waals surface area contributed by atoms with Crippen molar-refractivity contribution < 1.29 is 8.42 Å². The van der Waals surface area contributed by atoms with Gasteiger partial charge in [-0.25, -0.2) is 13.2 Å². The summed E-state index contributed by atoms with van der Waals surface area (Å²) in [6.07, 6.45) is 0. The van der Waals surface area contributed by atoms with Gasteiger partial charge in [-0.05, 0) is 49.7 Å². The molecule has 1 N–H and O–H groups in total. The Balaban J connectivity index is 1.87. The number of hydrogen-bond acceptors (Lipinski definition) is 4. The van der Waals surface area contributed by atoms with Gasteiger partial charge in [0.05, 0.1) is 21.6 Å². The lowest BCUT2D eigenvalue weighted by atomic mass is 10.2. The Bertz CT molecular complexity index is 1450. The molecule has 8 heteroatoms. The Morgan fingerprint density at radius 1 is 0.871 bits per heavy atom. The van der Waals surface area contributed by atoms with Crippen molar-refractivity contribution in [2.24, 2.45) is 14.1 Å². The van der Waals surface area contributed by atoms with E-state index in [0.29, 0.717) is 21.7 Å². The minimum absolute atomic E-state index is 0.167. The van der Waals surface area contributed by atoms with Crippen molar-refractivity contribution in [2.75, 3.05) is 4.72 Å². The molecule has 160 valence electrons. The van der Waals surface area contributed by atoms with Crippen molar-refractivity contribution in [1.29, 1.82) is 0 Å². The van der Waals surface area contributed by atoms with Gasteiger partial charge in [0, 0.05) is 23.9 Å². The van der Waals surface area contributed by atoms with Gasteiger partial charge < -0.3 is 0 Å². The number of benzene rings is 3. The summed E-state index contributed by atoms with van der Waals surface area (Å²) in [6.45, 7) is 3.71. The fraction of sp³-hybridized carbons (Fsp3) is 0.174. The second-order valence-electron chi connectivity index (χ2n) is 7.53. The van der Waals surface area contributed by atoms with E-state index in [2.05, 4.69) is 4.72 Å². The maximum atomic E-state index is 13.2. The normalized spacial score (nSPS) is 11.7. The zero-order chi connectivity index (χ0) is 22.3. The lowest BCUT2D eigenvalue weighted by Crippen LogP contribution is -2.19. The third-order valence-electron chi connectivity index (χ3n) is 5.21. The zero-order valence-corrected chi connectivity index (χ0v) is 19.3. The van der Waals surface area contributed by atoms with Gasteiger partial charge in [-0.2, -0.15) is 0 Å². The van der Waals surface area contributed by atoms with Crippen LogP contribution in [-0.4, -0.2) is 17.6 Å². The number of aryl methyl sites for hydroxylation is 4. The minimum atomic E-state index is -3.82. The monoisotopic (exact) mass is 453 g/mol. The van der Waals surface area contributed by atoms with E-state index < -0.39 is 10.0 Å². The minimum Gasteiger partial charge on any atom is -0.295 e. The second kappa shape index (κ2) is 7.94. The van der Waals surface area contributed by atoms with Crippen LogP contribution >= 0.6 is 11.8 Å². The van der Waals surface area contributed by atoms with E-state index in [4.69, 9.17) is 0 Å². The van der Waals surface area contributed by atoms with Gasteiger partial charge >= 0.3 is 5.69 Å². The summed E-state index contributed by atoms with van der Waals surface area (Å²) in [5.74, 6) is 0. The Morgan fingerprint density at radius 2 is 1.52 bits per heavy atom. The van der Waals surface area contributed by atoms with Crippen LogP contribution in [-0.2, 0) is 24.1 Å². The Morgan fingerprint density at radius 3 is 2.16 bits per heavy atom. The highest BCUT2D eigenvalue weighted by Gasteiger charge is 2.21. The van der Waals surface area contributed by atoms with E-state index >= 15 is 0 Å². The molecule has 1 aromatic heterocycles. The molecule has 0 atom stereocenters. The van der Waals surface area contributed by atoms with Gasteiger partial charge in [-0.3, -0.25) is 13.9 Å². The summed E-state index contributed by atoms with van der Waals surface area (Å²) in [5.41, 5.74) is 3.33. The largest absolute Gasteiger partial charge is 0.328 e. The highest BCUT2D eigenvalue weighted by Crippen LogP contribution is 2.37. The van der Waals surface area contributed by atoms with Crippen LogP contribution in [0.3, 0.4) is 0 Å². The molecule has 0 aliphatic carbocycles. The fourth-order valence-electron chi connectivity index (χ4n) is 3.61. The number of sulfonamides is 1. The van der Waals surface area contributed by atoms with Crippen molar-refractivity contribution in [3.05, 3.63) is 82.3 Å². The molecule has 0 amide bonds. The number of nitrogens with one attached hydrogen (secondary N) is 1. The van der Waals surface area contributed by atoms with Crippen LogP contribution in [0.25, 0.3) is 11.0 Å². The predicted octanol–water partition coefficient (Wildman–Crippen LogP) is 4.45. The number of rotatable bonds is 5. The number of anilines is 1. The van der Waals surface area contributed by atoms with Gasteiger partial charge in [0.25, 0.3) is 10.0 Å². The standard InChI is InChI=1S/C23H23N3O3S2/c1-15-10-11-22(16(2)12-15)31(28,29)24-18-13-19-20(26(4)23(27)25(19)3)14-21(18)30-17-8-6-5-7-9-17/h5-14,24H,1-4H3. The van der Waals surface area contributed by atoms with E-state index in [1.165, 1.54) is 16.3 Å². The number of aromatic nitrogens is 2. The first kappa shape index (κ1) is 21.3. The van der Waals surface area contributed by atoms with Crippen LogP contribution in [0, 0.1) is 13.8 Å². The van der Waals surface area contributed by atoms with Crippen LogP contribution in [0.1, 0.15) is 11.1 Å². The molecule has 0 aliphatic heterocycles. The zero-order valence-electron chi connectivity index (χ0n) is 17.7. The molecule has 1 heterocycles. The SMILES string of the molecule is Cc1ccc(S(=O)(=O)Nc2cc3c(cc2Sc2ccccc2)n(C)c(=O)n3C)c(C)c1. The van der Waals surface area contributed by atoms with Crippen molar-refractivity contribution in [1.82, 2.24) is 9.13 Å². The number of hydrogen-bond donors (Lipinski definition) is 1. The Labute approximate surface area is 185 Å². The maximum absolute atomic E-state index is 13.2. The highest BCUT2D eigenvalue weighted by atomic mass is 32.2. The van der Waals surface area contributed by atoms with Gasteiger partial charge in [-0.15, -0.1) is 0 Å². The molecule has 0 saturated heterocycles. The average Bonchev–Trinajstić information content (AvgIpc) is 2.92. The summed E-state index contributed by atoms with van der Waals surface area (Å²) < 4.78 is 32.3. The summed E-state index contributed by atoms with van der Waals surface area (Å²) in [6, 6.07) is 18.5. The van der Waals surface area contributed by atoms with Crippen LogP contribution in [0.4, 0.5) is 5.69 Å². The van der Waals surface area contributed by atoms with E-state index in [0.717, 1.165) is 16.0 Å². The van der Waals surface area contributed by atoms with Crippen LogP contribution < -0.4 is 10.4 Å². The lowest BCUT2D eigenvalue weighted by Gasteiger charge is -2.15. The lowest BCUT2D eigenvalue weighted by molar-refractivity contribution is 0.600. The Hall–Kier alpha value is -2.97. The molecule has 4 rings (SSSR count). The summed E-state index contributed by atoms with van der Waals surface area (Å²) in [5, 5.41) is 0. The van der Waals surface area contributed by atoms with Gasteiger partial charge in [0.2, 0.25) is 0 Å². The van der Waals surface area contributed by atoms with E-state index in [1.807, 2.05) is 49.4 Å². The molecule has 0 radical (unpaired) electrons. The summed E-state index contributed by atoms with van der Waals surface area (Å²) >= 11 is 1.44. The smallest absolute Gasteiger partial charge is 0.295 e. The number of nitrogens with zero attached hydrogens (tertiary/aromatic N) is 2. The number of imidazole rings is 1. The van der Waals surface area contributed by atoms with E-state index in [1.54, 1.807) is 43.8 Å². The van der Waals surface area contributed by atoms with E-state index in [9.17, 15) is 13.2 Å². The summed E-state index contributed by atoms with van der Waals surface area (Å²) in [4.78, 5) is 14.3. The van der Waals surface area contributed by atoms with Gasteiger partial charge in [0.1, 0.15) is 0 Å². The molecule has 4 aromatic rings. The third kappa shape index (κ3) is 4.00. The van der Waals surface area contributed by atoms with Crippen molar-refractivity contribution in [3.8, 4) is 0 Å². The Kier molecular flexibility index (Phi) is 5.45. The quantitative estimate of drug-likeness (QED) is 0.485. The molecule has 0 unspecified atom stereocenters. The first-order valence-electron chi connectivity index (χ1n) is 9.70. The topological polar surface area (TPSA) is 73.1 Å². The molecule has 0 saturated carbocycles. The number of fused-ring (bicyclic) bond motifs is 1. The molecule has 0 fully saturated rings. The van der Waals surface area contributed by atoms with Crippen LogP contribution in [0.2, 0.25) is 0 Å². The molecule has 6 nitrogen and oxygen atoms in total. The highest BCUT2D eigenvalue weighted by molar-refractivity contribution is 7.99. The van der Waals surface area contributed by atoms with E-state index in [-0.39, 0.29) is 10.6 Å². The molecular weight excluding hydrogens is 430 g/mol. The second-order valence-corrected chi connectivity index (χ2v) is 10.3. The van der Waals surface area contributed by atoms with Gasteiger partial charge in [-0.1, -0.05) is 47.7 Å². The molecule has 31 heavy (non-hydrogen) atoms. The molecule has 0 aliphatic rings. The fourth-order valence-corrected chi connectivity index (χ4v) is 5.91. The first-order chi connectivity index (χ1) is 14.7. The third-order valence-corrected chi connectivity index (χ3v) is 7.80. The summed E-state index contributed by atoms with van der Waals surface area (Å²) in [7, 11) is -0.431. The van der Waals surface area contributed by atoms with Crippen LogP contribution in [0.5, 0.6) is 0 Å². The molecular formula is C23H23N3O3S2. The molecule has 3 aromatic carbocycles. The molecule has 0 spiro atoms. The van der Waals surface area contributed by atoms with Crippen LogP contribution in [0.15, 0.2) is 80.1 Å². The van der Waals surface area contributed by atoms with Gasteiger partial charge in [0.15, 0.2) is 0 Å².